The first-order valence-electron chi connectivity index (χ1n) is 4.52. The molecule has 0 amide bonds. The molecule has 12 heteroatoms. The van der Waals surface area contributed by atoms with Crippen LogP contribution in [0.4, 0.5) is 26.3 Å². The summed E-state index contributed by atoms with van der Waals surface area (Å²) in [6.45, 7) is 0. The second kappa shape index (κ2) is 5.48. The molecule has 1 aromatic rings. The van der Waals surface area contributed by atoms with Gasteiger partial charge in [-0.3, -0.25) is 4.98 Å². The average Bonchev–Trinajstić information content (AvgIpc) is 2.24. The smallest absolute Gasteiger partial charge is 0.257 e. The summed E-state index contributed by atoms with van der Waals surface area (Å²) in [5.74, 6) is 0. The Hall–Kier alpha value is -0.880. The van der Waals surface area contributed by atoms with Crippen LogP contribution in [-0.4, -0.2) is 25.1 Å². The fourth-order valence-corrected chi connectivity index (χ4v) is 1.80. The summed E-state index contributed by atoms with van der Waals surface area (Å²) >= 11 is 2.86. The first-order valence-corrected chi connectivity index (χ1v) is 6.72. The largest absolute Gasteiger partial charge is 0.523 e. The normalized spacial score (nSPS) is 15.2. The zero-order chi connectivity index (χ0) is 15.8. The Kier molecular flexibility index (Phi) is 4.71. The molecule has 0 bridgehead atoms. The first kappa shape index (κ1) is 17.2. The van der Waals surface area contributed by atoms with E-state index in [0.29, 0.717) is 6.07 Å². The van der Waals surface area contributed by atoms with Gasteiger partial charge < -0.3 is 0 Å². The molecular weight excluding hydrogens is 384 g/mol. The van der Waals surface area contributed by atoms with Gasteiger partial charge in [-0.15, -0.1) is 0 Å². The minimum absolute atomic E-state index is 0.251. The average molecular weight is 388 g/mol. The number of nitrogens with zero attached hydrogens (tertiary/aromatic N) is 1. The third-order valence-corrected chi connectivity index (χ3v) is 3.30. The number of hydrogen-bond donors (Lipinski definition) is 0. The van der Waals surface area contributed by atoms with Crippen molar-refractivity contribution in [2.75, 3.05) is 0 Å². The minimum Gasteiger partial charge on any atom is -0.257 e. The summed E-state index contributed by atoms with van der Waals surface area (Å²) in [6.07, 6.45) is -7.88. The van der Waals surface area contributed by atoms with Crippen LogP contribution in [0.1, 0.15) is 11.8 Å². The number of hydrogen-bond acceptors (Lipinski definition) is 4. The van der Waals surface area contributed by atoms with Gasteiger partial charge in [0.05, 0.1) is 5.69 Å². The van der Waals surface area contributed by atoms with Gasteiger partial charge in [0.2, 0.25) is 6.10 Å². The Labute approximate surface area is 117 Å². The van der Waals surface area contributed by atoms with Crippen molar-refractivity contribution >= 4 is 26.0 Å². The van der Waals surface area contributed by atoms with Gasteiger partial charge in [-0.2, -0.15) is 34.8 Å². The van der Waals surface area contributed by atoms with Crippen molar-refractivity contribution in [3.63, 3.8) is 0 Å². The molecule has 4 nitrogen and oxygen atoms in total. The summed E-state index contributed by atoms with van der Waals surface area (Å²) in [7, 11) is -6.41. The molecule has 1 heterocycles. The first-order chi connectivity index (χ1) is 8.84. The van der Waals surface area contributed by atoms with Gasteiger partial charge in [-0.25, -0.2) is 4.18 Å². The van der Waals surface area contributed by atoms with Crippen LogP contribution in [0, 0.1) is 0 Å². The molecule has 0 aliphatic carbocycles. The summed E-state index contributed by atoms with van der Waals surface area (Å²) in [5, 5.41) is 0. The Balaban J connectivity index is 3.20. The van der Waals surface area contributed by atoms with E-state index in [1.54, 1.807) is 0 Å². The quantitative estimate of drug-likeness (QED) is 0.453. The van der Waals surface area contributed by atoms with E-state index in [2.05, 4.69) is 25.1 Å². The number of pyridine rings is 1. The number of aromatic nitrogens is 1. The minimum atomic E-state index is -6.41. The highest BCUT2D eigenvalue weighted by Crippen LogP contribution is 2.39. The molecular formula is C8H4BrF6NO3S. The van der Waals surface area contributed by atoms with Crippen LogP contribution in [-0.2, 0) is 14.3 Å². The lowest BCUT2D eigenvalue weighted by Gasteiger charge is -2.20. The van der Waals surface area contributed by atoms with E-state index in [1.165, 1.54) is 0 Å². The Morgan fingerprint density at radius 1 is 1.15 bits per heavy atom. The van der Waals surface area contributed by atoms with Crippen LogP contribution < -0.4 is 0 Å². The number of rotatable bonds is 3. The van der Waals surface area contributed by atoms with Crippen molar-refractivity contribution in [2.45, 2.75) is 17.8 Å². The monoisotopic (exact) mass is 387 g/mol. The van der Waals surface area contributed by atoms with Crippen LogP contribution in [0.3, 0.4) is 0 Å². The molecule has 1 aromatic heterocycles. The third-order valence-electron chi connectivity index (χ3n) is 1.82. The molecule has 0 saturated heterocycles. The molecule has 1 atom stereocenters. The van der Waals surface area contributed by atoms with E-state index < -0.39 is 33.6 Å². The molecule has 0 aromatic carbocycles. The molecule has 1 rings (SSSR count). The van der Waals surface area contributed by atoms with Gasteiger partial charge in [-0.1, -0.05) is 0 Å². The summed E-state index contributed by atoms with van der Waals surface area (Å²) < 4.78 is 98.8. The fraction of sp³-hybridized carbons (Fsp3) is 0.375. The maximum absolute atomic E-state index is 12.6. The van der Waals surface area contributed by atoms with Gasteiger partial charge in [0, 0.05) is 10.7 Å². The Morgan fingerprint density at radius 3 is 2.05 bits per heavy atom. The van der Waals surface area contributed by atoms with Gasteiger partial charge >= 0.3 is 21.8 Å². The number of alkyl halides is 6. The lowest BCUT2D eigenvalue weighted by Crippen LogP contribution is -2.33. The van der Waals surface area contributed by atoms with Crippen molar-refractivity contribution in [1.29, 1.82) is 0 Å². The zero-order valence-corrected chi connectivity index (χ0v) is 11.4. The lowest BCUT2D eigenvalue weighted by atomic mass is 10.2. The van der Waals surface area contributed by atoms with Crippen LogP contribution >= 0.6 is 15.9 Å². The second-order valence-electron chi connectivity index (χ2n) is 3.32. The van der Waals surface area contributed by atoms with Crippen LogP contribution in [0.5, 0.6) is 0 Å². The molecule has 0 saturated carbocycles. The second-order valence-corrected chi connectivity index (χ2v) is 5.80. The van der Waals surface area contributed by atoms with Gasteiger partial charge in [0.15, 0.2) is 0 Å². The highest BCUT2D eigenvalue weighted by atomic mass is 79.9. The molecule has 0 radical (unpaired) electrons. The summed E-state index contributed by atoms with van der Waals surface area (Å²) in [4.78, 5) is 3.19. The van der Waals surface area contributed by atoms with E-state index in [0.717, 1.165) is 12.3 Å². The molecule has 0 unspecified atom stereocenters. The van der Waals surface area contributed by atoms with Crippen LogP contribution in [0.2, 0.25) is 0 Å². The standard InChI is InChI=1S/C8H4BrF6NO3S/c9-4-1-2-5(16-3-4)6(7(10,11)12)19-20(17,18)8(13,14)15/h1-3,6H/t6-/m0/s1. The fourth-order valence-electron chi connectivity index (χ4n) is 0.995. The van der Waals surface area contributed by atoms with Crippen LogP contribution in [0.15, 0.2) is 22.8 Å². The molecule has 0 N–H and O–H groups in total. The van der Waals surface area contributed by atoms with Gasteiger partial charge in [0.1, 0.15) is 0 Å². The van der Waals surface area contributed by atoms with Crippen molar-refractivity contribution in [3.8, 4) is 0 Å². The van der Waals surface area contributed by atoms with Gasteiger partial charge in [-0.05, 0) is 28.1 Å². The van der Waals surface area contributed by atoms with E-state index in [4.69, 9.17) is 0 Å². The van der Waals surface area contributed by atoms with E-state index in [-0.39, 0.29) is 4.47 Å². The highest BCUT2D eigenvalue weighted by molar-refractivity contribution is 9.10. The van der Waals surface area contributed by atoms with E-state index >= 15 is 0 Å². The zero-order valence-electron chi connectivity index (χ0n) is 9.04. The number of halogens is 7. The lowest BCUT2D eigenvalue weighted by molar-refractivity contribution is -0.201. The summed E-state index contributed by atoms with van der Waals surface area (Å²) in [5.41, 5.74) is -6.99. The highest BCUT2D eigenvalue weighted by Gasteiger charge is 2.54. The van der Waals surface area contributed by atoms with Gasteiger partial charge in [0.25, 0.3) is 0 Å². The SMILES string of the molecule is O=S(=O)(O[C@@H](c1ccc(Br)cn1)C(F)(F)F)C(F)(F)F. The third kappa shape index (κ3) is 4.06. The predicted octanol–water partition coefficient (Wildman–Crippen LogP) is 3.31. The maximum atomic E-state index is 12.6. The Morgan fingerprint density at radius 2 is 1.70 bits per heavy atom. The molecule has 114 valence electrons. The van der Waals surface area contributed by atoms with Crippen molar-refractivity contribution in [2.24, 2.45) is 0 Å². The van der Waals surface area contributed by atoms with Crippen molar-refractivity contribution < 1.29 is 38.9 Å². The van der Waals surface area contributed by atoms with Crippen molar-refractivity contribution in [3.05, 3.63) is 28.5 Å². The summed E-state index contributed by atoms with van der Waals surface area (Å²) in [6, 6.07) is 1.73. The van der Waals surface area contributed by atoms with Crippen molar-refractivity contribution in [1.82, 2.24) is 4.98 Å². The van der Waals surface area contributed by atoms with Crippen LogP contribution in [0.25, 0.3) is 0 Å². The molecule has 0 aliphatic heterocycles. The molecule has 0 spiro atoms. The van der Waals surface area contributed by atoms with E-state index in [9.17, 15) is 34.8 Å². The predicted molar refractivity (Wildman–Crippen MR) is 56.8 cm³/mol. The molecule has 0 aliphatic rings. The molecule has 20 heavy (non-hydrogen) atoms. The topological polar surface area (TPSA) is 56.3 Å². The van der Waals surface area contributed by atoms with E-state index in [1.807, 2.05) is 0 Å². The molecule has 0 fully saturated rings. The maximum Gasteiger partial charge on any atom is 0.523 e. The Bertz CT molecular complexity index is 567.